The van der Waals surface area contributed by atoms with Gasteiger partial charge in [-0.3, -0.25) is 9.59 Å². The van der Waals surface area contributed by atoms with Crippen LogP contribution in [0.15, 0.2) is 36.4 Å². The number of halogens is 3. The third-order valence-electron chi connectivity index (χ3n) is 5.47. The van der Waals surface area contributed by atoms with E-state index in [0.717, 1.165) is 18.0 Å². The van der Waals surface area contributed by atoms with Crippen molar-refractivity contribution in [3.05, 3.63) is 64.2 Å². The Kier molecular flexibility index (Phi) is 15.0. The molecule has 0 aromatic heterocycles. The average Bonchev–Trinajstić information content (AvgIpc) is 2.82. The first kappa shape index (κ1) is 32.5. The summed E-state index contributed by atoms with van der Waals surface area (Å²) in [5.74, 6) is -1.85. The molecule has 0 aliphatic heterocycles. The van der Waals surface area contributed by atoms with Crippen molar-refractivity contribution < 1.29 is 18.4 Å². The zero-order chi connectivity index (χ0) is 27.8. The Morgan fingerprint density at radius 3 is 2.27 bits per heavy atom. The highest BCUT2D eigenvalue weighted by atomic mass is 35.5. The van der Waals surface area contributed by atoms with Crippen LogP contribution in [0.1, 0.15) is 83.8 Å². The molecular formula is C29H42ClF2N3O2. The van der Waals surface area contributed by atoms with Gasteiger partial charge in [-0.1, -0.05) is 83.7 Å². The minimum absolute atomic E-state index is 0.194. The molecule has 0 radical (unpaired) electrons. The third kappa shape index (κ3) is 14.1. The number of nitrogens with one attached hydrogen (secondary N) is 3. The van der Waals surface area contributed by atoms with Gasteiger partial charge < -0.3 is 16.0 Å². The predicted octanol–water partition coefficient (Wildman–Crippen LogP) is 7.20. The Labute approximate surface area is 225 Å². The molecule has 206 valence electrons. The highest BCUT2D eigenvalue weighted by Gasteiger charge is 2.14. The van der Waals surface area contributed by atoms with Crippen LogP contribution in [-0.2, 0) is 16.1 Å². The van der Waals surface area contributed by atoms with E-state index in [2.05, 4.69) is 43.6 Å². The van der Waals surface area contributed by atoms with Crippen molar-refractivity contribution in [1.29, 1.82) is 0 Å². The van der Waals surface area contributed by atoms with E-state index in [0.29, 0.717) is 47.2 Å². The molecule has 5 nitrogen and oxygen atoms in total. The van der Waals surface area contributed by atoms with Gasteiger partial charge in [0.1, 0.15) is 0 Å². The van der Waals surface area contributed by atoms with E-state index in [1.54, 1.807) is 24.3 Å². The van der Waals surface area contributed by atoms with E-state index in [9.17, 15) is 18.4 Å². The maximum atomic E-state index is 13.7. The summed E-state index contributed by atoms with van der Waals surface area (Å²) >= 11 is 5.90. The summed E-state index contributed by atoms with van der Waals surface area (Å²) in [6, 6.07) is 9.84. The standard InChI is InChI=1S/C17H17ClF2N2O.C7H13NO.C5H12/c1-11(14-3-2-4-15(19)17(14)20)8-21-9-12-5-6-13(18)7-16(12)22-10-23;9-6-8-7-4-2-1-3-5-7;1-5(2,3)4/h2-7,10-11,21H,8-9H2,1H3,(H,22,23);6-7H,1-5H2,(H,8,9);1-4H3. The Morgan fingerprint density at radius 1 is 1.03 bits per heavy atom. The number of amides is 2. The highest BCUT2D eigenvalue weighted by molar-refractivity contribution is 6.30. The quantitative estimate of drug-likeness (QED) is 0.296. The smallest absolute Gasteiger partial charge is 0.211 e. The van der Waals surface area contributed by atoms with Crippen molar-refractivity contribution in [3.8, 4) is 0 Å². The van der Waals surface area contributed by atoms with Crippen LogP contribution in [0.2, 0.25) is 5.02 Å². The fourth-order valence-electron chi connectivity index (χ4n) is 3.70. The first-order chi connectivity index (χ1) is 17.5. The Morgan fingerprint density at radius 2 is 1.68 bits per heavy atom. The molecule has 1 aliphatic rings. The predicted molar refractivity (Wildman–Crippen MR) is 149 cm³/mol. The van der Waals surface area contributed by atoms with E-state index in [1.165, 1.54) is 38.2 Å². The monoisotopic (exact) mass is 537 g/mol. The lowest BCUT2D eigenvalue weighted by atomic mass is 9.96. The molecule has 1 fully saturated rings. The first-order valence-electron chi connectivity index (χ1n) is 12.8. The molecular weight excluding hydrogens is 496 g/mol. The van der Waals surface area contributed by atoms with Crippen molar-refractivity contribution >= 4 is 30.1 Å². The van der Waals surface area contributed by atoms with Crippen LogP contribution >= 0.6 is 11.6 Å². The number of carbonyl (C=O) groups excluding carboxylic acids is 2. The minimum atomic E-state index is -0.843. The second-order valence-corrected chi connectivity index (χ2v) is 11.3. The number of hydrogen-bond acceptors (Lipinski definition) is 3. The van der Waals surface area contributed by atoms with E-state index in [1.807, 2.05) is 6.92 Å². The van der Waals surface area contributed by atoms with Crippen LogP contribution in [0.5, 0.6) is 0 Å². The van der Waals surface area contributed by atoms with Gasteiger partial charge in [0.15, 0.2) is 11.6 Å². The molecule has 2 aromatic rings. The lowest BCUT2D eigenvalue weighted by molar-refractivity contribution is -0.110. The molecule has 3 N–H and O–H groups in total. The topological polar surface area (TPSA) is 70.2 Å². The molecule has 2 amide bonds. The molecule has 2 aromatic carbocycles. The van der Waals surface area contributed by atoms with Crippen LogP contribution in [0.4, 0.5) is 14.5 Å². The van der Waals surface area contributed by atoms with E-state index in [-0.39, 0.29) is 5.92 Å². The summed E-state index contributed by atoms with van der Waals surface area (Å²) < 4.78 is 27.0. The van der Waals surface area contributed by atoms with Gasteiger partial charge >= 0.3 is 0 Å². The van der Waals surface area contributed by atoms with Crippen molar-refractivity contribution in [2.75, 3.05) is 11.9 Å². The number of benzene rings is 2. The van der Waals surface area contributed by atoms with Gasteiger partial charge in [-0.25, -0.2) is 8.78 Å². The maximum absolute atomic E-state index is 13.7. The minimum Gasteiger partial charge on any atom is -0.356 e. The van der Waals surface area contributed by atoms with Crippen LogP contribution in [0.25, 0.3) is 0 Å². The lowest BCUT2D eigenvalue weighted by Crippen LogP contribution is -2.29. The molecule has 37 heavy (non-hydrogen) atoms. The lowest BCUT2D eigenvalue weighted by Gasteiger charge is -2.19. The van der Waals surface area contributed by atoms with E-state index in [4.69, 9.17) is 11.6 Å². The molecule has 0 spiro atoms. The molecule has 1 saturated carbocycles. The molecule has 1 aliphatic carbocycles. The van der Waals surface area contributed by atoms with Crippen molar-refractivity contribution in [1.82, 2.24) is 10.6 Å². The molecule has 8 heteroatoms. The average molecular weight is 538 g/mol. The molecule has 1 unspecified atom stereocenters. The number of anilines is 1. The van der Waals surface area contributed by atoms with Crippen LogP contribution in [0.3, 0.4) is 0 Å². The molecule has 0 bridgehead atoms. The first-order valence-corrected chi connectivity index (χ1v) is 13.2. The summed E-state index contributed by atoms with van der Waals surface area (Å²) in [6.07, 6.45) is 7.67. The summed E-state index contributed by atoms with van der Waals surface area (Å²) in [7, 11) is 0. The van der Waals surface area contributed by atoms with Gasteiger partial charge in [0.05, 0.1) is 0 Å². The SMILES string of the molecule is CC(C)(C)C.CC(CNCc1ccc(Cl)cc1NC=O)c1cccc(F)c1F.O=CNC1CCCCC1. The largest absolute Gasteiger partial charge is 0.356 e. The zero-order valence-corrected chi connectivity index (χ0v) is 23.4. The second kappa shape index (κ2) is 17.1. The summed E-state index contributed by atoms with van der Waals surface area (Å²) in [5, 5.41) is 9.09. The van der Waals surface area contributed by atoms with Gasteiger partial charge in [0, 0.05) is 29.8 Å². The number of carbonyl (C=O) groups is 2. The normalized spacial score (nSPS) is 14.3. The van der Waals surface area contributed by atoms with Crippen molar-refractivity contribution in [3.63, 3.8) is 0 Å². The number of hydrogen-bond donors (Lipinski definition) is 3. The van der Waals surface area contributed by atoms with Gasteiger partial charge in [-0.2, -0.15) is 0 Å². The Bertz CT molecular complexity index is 955. The summed E-state index contributed by atoms with van der Waals surface area (Å²) in [4.78, 5) is 20.6. The van der Waals surface area contributed by atoms with E-state index >= 15 is 0 Å². The van der Waals surface area contributed by atoms with Crippen LogP contribution in [-0.4, -0.2) is 25.4 Å². The van der Waals surface area contributed by atoms with Crippen LogP contribution < -0.4 is 16.0 Å². The molecule has 3 rings (SSSR count). The van der Waals surface area contributed by atoms with Gasteiger partial charge in [-0.05, 0) is 53.5 Å². The molecule has 0 saturated heterocycles. The third-order valence-corrected chi connectivity index (χ3v) is 5.71. The molecule has 0 heterocycles. The fourth-order valence-corrected chi connectivity index (χ4v) is 3.87. The summed E-state index contributed by atoms with van der Waals surface area (Å²) in [6.45, 7) is 11.5. The van der Waals surface area contributed by atoms with Crippen molar-refractivity contribution in [2.24, 2.45) is 5.41 Å². The molecule has 1 atom stereocenters. The van der Waals surface area contributed by atoms with Gasteiger partial charge in [0.2, 0.25) is 12.8 Å². The van der Waals surface area contributed by atoms with E-state index < -0.39 is 11.6 Å². The van der Waals surface area contributed by atoms with Gasteiger partial charge in [-0.15, -0.1) is 0 Å². The number of rotatable bonds is 9. The second-order valence-electron chi connectivity index (χ2n) is 10.9. The Hall–Kier alpha value is -2.51. The fraction of sp³-hybridized carbons (Fsp3) is 0.517. The van der Waals surface area contributed by atoms with Gasteiger partial charge in [0.25, 0.3) is 0 Å². The zero-order valence-electron chi connectivity index (χ0n) is 22.7. The summed E-state index contributed by atoms with van der Waals surface area (Å²) in [5.41, 5.74) is 2.30. The maximum Gasteiger partial charge on any atom is 0.211 e. The van der Waals surface area contributed by atoms with Crippen LogP contribution in [0, 0.1) is 17.0 Å². The Balaban J connectivity index is 0.000000400. The van der Waals surface area contributed by atoms with Crippen molar-refractivity contribution in [2.45, 2.75) is 85.2 Å². The highest BCUT2D eigenvalue weighted by Crippen LogP contribution is 2.22.